The van der Waals surface area contributed by atoms with Crippen molar-refractivity contribution in [1.82, 2.24) is 5.32 Å². The molecule has 1 aromatic carbocycles. The molecule has 126 valence electrons. The molecule has 7 nitrogen and oxygen atoms in total. The minimum atomic E-state index is -2.91. The first-order valence-corrected chi connectivity index (χ1v) is 6.63. The van der Waals surface area contributed by atoms with Crippen molar-refractivity contribution in [3.63, 3.8) is 0 Å². The number of carbonyl (C=O) groups excluding carboxylic acids is 1. The molecule has 2 N–H and O–H groups in total. The summed E-state index contributed by atoms with van der Waals surface area (Å²) in [5, 5.41) is 22.0. The van der Waals surface area contributed by atoms with E-state index in [1.165, 1.54) is 26.8 Å². The van der Waals surface area contributed by atoms with Gasteiger partial charge in [0, 0.05) is 17.5 Å². The van der Waals surface area contributed by atoms with Gasteiger partial charge in [-0.2, -0.15) is 0 Å². The summed E-state index contributed by atoms with van der Waals surface area (Å²) >= 11 is 0. The number of alkyl halides is 2. The quantitative estimate of drug-likeness (QED) is 0.614. The van der Waals surface area contributed by atoms with Crippen LogP contribution in [0.5, 0.6) is 0 Å². The van der Waals surface area contributed by atoms with Crippen LogP contribution < -0.4 is 5.32 Å². The van der Waals surface area contributed by atoms with Gasteiger partial charge in [-0.25, -0.2) is 13.6 Å². The van der Waals surface area contributed by atoms with Crippen LogP contribution in [0.15, 0.2) is 6.07 Å². The van der Waals surface area contributed by atoms with Crippen LogP contribution in [0, 0.1) is 30.9 Å². The predicted octanol–water partition coefficient (Wildman–Crippen LogP) is 2.36. The Morgan fingerprint density at radius 2 is 1.87 bits per heavy atom. The molecule has 0 bridgehead atoms. The number of nitro groups is 1. The van der Waals surface area contributed by atoms with E-state index in [1.54, 1.807) is 0 Å². The number of nitrogens with zero attached hydrogens (tertiary/aromatic N) is 1. The maximum absolute atomic E-state index is 12.4. The van der Waals surface area contributed by atoms with Gasteiger partial charge in [-0.3, -0.25) is 14.9 Å². The maximum Gasteiger partial charge on any atom is 0.326 e. The van der Waals surface area contributed by atoms with E-state index in [-0.39, 0.29) is 16.8 Å². The molecule has 0 aliphatic heterocycles. The van der Waals surface area contributed by atoms with Crippen molar-refractivity contribution in [3.05, 3.63) is 38.4 Å². The summed E-state index contributed by atoms with van der Waals surface area (Å²) < 4.78 is 24.8. The first kappa shape index (κ1) is 18.5. The van der Waals surface area contributed by atoms with Crippen molar-refractivity contribution in [1.29, 1.82) is 0 Å². The molecule has 1 unspecified atom stereocenters. The smallest absolute Gasteiger partial charge is 0.326 e. The first-order chi connectivity index (χ1) is 10.6. The van der Waals surface area contributed by atoms with E-state index in [0.717, 1.165) is 0 Å². The van der Waals surface area contributed by atoms with Gasteiger partial charge in [-0.1, -0.05) is 0 Å². The van der Waals surface area contributed by atoms with Crippen LogP contribution in [0.1, 0.15) is 33.5 Å². The average molecular weight is 330 g/mol. The lowest BCUT2D eigenvalue weighted by atomic mass is 9.96. The van der Waals surface area contributed by atoms with Gasteiger partial charge >= 0.3 is 5.97 Å². The maximum atomic E-state index is 12.4. The van der Waals surface area contributed by atoms with E-state index in [4.69, 9.17) is 5.11 Å². The van der Waals surface area contributed by atoms with Gasteiger partial charge in [-0.05, 0) is 32.4 Å². The van der Waals surface area contributed by atoms with Gasteiger partial charge in [0.25, 0.3) is 11.6 Å². The first-order valence-electron chi connectivity index (χ1n) is 6.63. The van der Waals surface area contributed by atoms with E-state index in [0.29, 0.717) is 11.1 Å². The molecule has 0 spiro atoms. The number of carboxylic acid groups (broad SMARTS) is 1. The normalized spacial score (nSPS) is 12.1. The number of aryl methyl sites for hydroxylation is 2. The number of carbonyl (C=O) groups is 2. The van der Waals surface area contributed by atoms with Crippen molar-refractivity contribution < 1.29 is 28.4 Å². The third kappa shape index (κ3) is 4.21. The van der Waals surface area contributed by atoms with E-state index in [2.05, 4.69) is 0 Å². The minimum absolute atomic E-state index is 0.0613. The third-order valence-corrected chi connectivity index (χ3v) is 3.36. The van der Waals surface area contributed by atoms with Crippen LogP contribution in [-0.2, 0) is 4.79 Å². The molecule has 9 heteroatoms. The molecule has 0 fully saturated rings. The fourth-order valence-electron chi connectivity index (χ4n) is 2.44. The lowest BCUT2D eigenvalue weighted by molar-refractivity contribution is -0.386. The Bertz CT molecular complexity index is 661. The summed E-state index contributed by atoms with van der Waals surface area (Å²) in [6.07, 6.45) is -3.96. The SMILES string of the molecule is Cc1cc(C)c([N+](=O)[O-])c(C)c1C(=O)NC(CC(F)F)C(=O)O. The number of hydrogen-bond donors (Lipinski definition) is 2. The van der Waals surface area contributed by atoms with Crippen LogP contribution in [0.4, 0.5) is 14.5 Å². The Morgan fingerprint density at radius 3 is 2.30 bits per heavy atom. The molecule has 0 saturated heterocycles. The van der Waals surface area contributed by atoms with E-state index >= 15 is 0 Å². The largest absolute Gasteiger partial charge is 0.480 e. The molecular weight excluding hydrogens is 314 g/mol. The lowest BCUT2D eigenvalue weighted by Crippen LogP contribution is -2.42. The van der Waals surface area contributed by atoms with Crippen LogP contribution in [0.25, 0.3) is 0 Å². The molecule has 0 aromatic heterocycles. The lowest BCUT2D eigenvalue weighted by Gasteiger charge is -2.17. The van der Waals surface area contributed by atoms with Crippen molar-refractivity contribution in [2.75, 3.05) is 0 Å². The monoisotopic (exact) mass is 330 g/mol. The highest BCUT2D eigenvalue weighted by atomic mass is 19.3. The number of rotatable bonds is 6. The molecule has 1 atom stereocenters. The topological polar surface area (TPSA) is 110 Å². The summed E-state index contributed by atoms with van der Waals surface area (Å²) in [5.74, 6) is -2.54. The number of nitrogens with one attached hydrogen (secondary N) is 1. The Balaban J connectivity index is 3.25. The zero-order valence-corrected chi connectivity index (χ0v) is 12.7. The Hall–Kier alpha value is -2.58. The predicted molar refractivity (Wildman–Crippen MR) is 76.8 cm³/mol. The molecule has 0 aliphatic rings. The zero-order chi connectivity index (χ0) is 17.9. The number of benzene rings is 1. The summed E-state index contributed by atoms with van der Waals surface area (Å²) in [6.45, 7) is 4.40. The zero-order valence-electron chi connectivity index (χ0n) is 12.7. The number of carboxylic acids is 1. The highest BCUT2D eigenvalue weighted by Crippen LogP contribution is 2.28. The van der Waals surface area contributed by atoms with Crippen molar-refractivity contribution in [2.24, 2.45) is 0 Å². The van der Waals surface area contributed by atoms with Crippen LogP contribution in [-0.4, -0.2) is 34.4 Å². The second-order valence-corrected chi connectivity index (χ2v) is 5.11. The number of halogens is 2. The number of nitro benzene ring substituents is 1. The van der Waals surface area contributed by atoms with Crippen LogP contribution in [0.2, 0.25) is 0 Å². The molecule has 0 heterocycles. The van der Waals surface area contributed by atoms with Crippen molar-refractivity contribution >= 4 is 17.6 Å². The summed E-state index contributed by atoms with van der Waals surface area (Å²) in [5.41, 5.74) is 0.462. The minimum Gasteiger partial charge on any atom is -0.480 e. The molecule has 1 aromatic rings. The highest BCUT2D eigenvalue weighted by Gasteiger charge is 2.28. The fourth-order valence-corrected chi connectivity index (χ4v) is 2.44. The standard InChI is InChI=1S/C14H16F2N2O5/c1-6-4-7(2)12(18(22)23)8(3)11(6)13(19)17-9(14(20)21)5-10(15)16/h4,9-10H,5H2,1-3H3,(H,17,19)(H,20,21). The highest BCUT2D eigenvalue weighted by molar-refractivity contribution is 6.00. The van der Waals surface area contributed by atoms with E-state index in [9.17, 15) is 28.5 Å². The molecule has 0 saturated carbocycles. The number of aliphatic carboxylic acids is 1. The number of amides is 1. The van der Waals surface area contributed by atoms with Crippen LogP contribution in [0.3, 0.4) is 0 Å². The van der Waals surface area contributed by atoms with Crippen molar-refractivity contribution in [3.8, 4) is 0 Å². The third-order valence-electron chi connectivity index (χ3n) is 3.36. The van der Waals surface area contributed by atoms with Gasteiger partial charge in [0.05, 0.1) is 10.5 Å². The van der Waals surface area contributed by atoms with Gasteiger partial charge in [0.1, 0.15) is 6.04 Å². The van der Waals surface area contributed by atoms with Gasteiger partial charge in [-0.15, -0.1) is 0 Å². The Morgan fingerprint density at radius 1 is 1.30 bits per heavy atom. The molecule has 1 amide bonds. The summed E-state index contributed by atoms with van der Waals surface area (Å²) in [4.78, 5) is 33.6. The molecule has 1 rings (SSSR count). The molecule has 0 radical (unpaired) electrons. The average Bonchev–Trinajstić information content (AvgIpc) is 2.35. The Labute approximate surface area is 130 Å². The van der Waals surface area contributed by atoms with E-state index < -0.39 is 35.7 Å². The van der Waals surface area contributed by atoms with E-state index in [1.807, 2.05) is 5.32 Å². The summed E-state index contributed by atoms with van der Waals surface area (Å²) in [6, 6.07) is -0.357. The van der Waals surface area contributed by atoms with Crippen molar-refractivity contribution in [2.45, 2.75) is 39.7 Å². The second kappa shape index (κ2) is 7.12. The molecule has 0 aliphatic carbocycles. The van der Waals surface area contributed by atoms with Gasteiger partial charge in [0.15, 0.2) is 0 Å². The van der Waals surface area contributed by atoms with Gasteiger partial charge in [0.2, 0.25) is 6.43 Å². The Kier molecular flexibility index (Phi) is 5.72. The number of hydrogen-bond acceptors (Lipinski definition) is 4. The second-order valence-electron chi connectivity index (χ2n) is 5.11. The summed E-state index contributed by atoms with van der Waals surface area (Å²) in [7, 11) is 0. The molecular formula is C14H16F2N2O5. The van der Waals surface area contributed by atoms with Gasteiger partial charge < -0.3 is 10.4 Å². The fraction of sp³-hybridized carbons (Fsp3) is 0.429. The molecule has 23 heavy (non-hydrogen) atoms. The van der Waals surface area contributed by atoms with Crippen LogP contribution >= 0.6 is 0 Å².